The van der Waals surface area contributed by atoms with Crippen molar-refractivity contribution in [1.82, 2.24) is 25.0 Å². The Hall–Kier alpha value is -1.57. The van der Waals surface area contributed by atoms with E-state index in [4.69, 9.17) is 0 Å². The predicted octanol–water partition coefficient (Wildman–Crippen LogP) is 3.20. The fraction of sp³-hybridized carbons (Fsp3) is 0.810. The Morgan fingerprint density at radius 1 is 1.17 bits per heavy atom. The van der Waals surface area contributed by atoms with E-state index in [1.807, 2.05) is 11.8 Å². The van der Waals surface area contributed by atoms with Crippen molar-refractivity contribution < 1.29 is 9.59 Å². The van der Waals surface area contributed by atoms with Crippen LogP contribution in [0.2, 0.25) is 0 Å². The minimum Gasteiger partial charge on any atom is -0.356 e. The maximum atomic E-state index is 12.6. The van der Waals surface area contributed by atoms with E-state index in [0.717, 1.165) is 49.6 Å². The zero-order chi connectivity index (χ0) is 20.6. The Kier molecular flexibility index (Phi) is 8.39. The molecule has 0 aromatic carbocycles. The molecule has 2 fully saturated rings. The Labute approximate surface area is 178 Å². The molecule has 2 heterocycles. The summed E-state index contributed by atoms with van der Waals surface area (Å²) in [6, 6.07) is 0.533. The molecule has 1 aliphatic carbocycles. The van der Waals surface area contributed by atoms with Gasteiger partial charge in [-0.25, -0.2) is 0 Å². The largest absolute Gasteiger partial charge is 0.356 e. The number of aromatic nitrogens is 3. The van der Waals surface area contributed by atoms with E-state index in [1.165, 1.54) is 25.7 Å². The summed E-state index contributed by atoms with van der Waals surface area (Å²) in [6.45, 7) is 4.01. The number of carbonyl (C=O) groups is 2. The summed E-state index contributed by atoms with van der Waals surface area (Å²) in [5.41, 5.74) is 0. The van der Waals surface area contributed by atoms with E-state index in [-0.39, 0.29) is 17.7 Å². The third kappa shape index (κ3) is 5.74. The molecule has 8 heteroatoms. The number of aryl methyl sites for hydroxylation is 1. The molecule has 1 atom stereocenters. The molecule has 0 bridgehead atoms. The standard InChI is InChI=1S/C21H35N5O2S/c1-3-8-19(27)25-14-7-9-16(15-25)20(28)22-13-6-12-18-23-24-21(29-2)26(18)17-10-4-5-11-17/h16-17H,3-15H2,1-2H3,(H,22,28). The highest BCUT2D eigenvalue weighted by atomic mass is 32.2. The summed E-state index contributed by atoms with van der Waals surface area (Å²) >= 11 is 1.66. The van der Waals surface area contributed by atoms with Crippen molar-refractivity contribution in [3.63, 3.8) is 0 Å². The molecule has 0 radical (unpaired) electrons. The summed E-state index contributed by atoms with van der Waals surface area (Å²) in [4.78, 5) is 26.6. The maximum Gasteiger partial charge on any atom is 0.224 e. The van der Waals surface area contributed by atoms with Crippen LogP contribution in [0.25, 0.3) is 0 Å². The second-order valence-electron chi connectivity index (χ2n) is 8.23. The van der Waals surface area contributed by atoms with Crippen LogP contribution in [0, 0.1) is 5.92 Å². The number of hydrogen-bond acceptors (Lipinski definition) is 5. The Bertz CT molecular complexity index is 687. The van der Waals surface area contributed by atoms with Gasteiger partial charge in [-0.05, 0) is 44.8 Å². The lowest BCUT2D eigenvalue weighted by Gasteiger charge is -2.32. The molecule has 1 aliphatic heterocycles. The molecule has 2 amide bonds. The molecule has 1 unspecified atom stereocenters. The number of rotatable bonds is 9. The lowest BCUT2D eigenvalue weighted by molar-refractivity contribution is -0.135. The van der Waals surface area contributed by atoms with Crippen LogP contribution in [0.1, 0.15) is 76.6 Å². The highest BCUT2D eigenvalue weighted by molar-refractivity contribution is 7.98. The molecule has 162 valence electrons. The summed E-state index contributed by atoms with van der Waals surface area (Å²) < 4.78 is 2.33. The molecule has 1 aromatic rings. The monoisotopic (exact) mass is 421 g/mol. The Morgan fingerprint density at radius 3 is 2.69 bits per heavy atom. The van der Waals surface area contributed by atoms with Crippen molar-refractivity contribution in [3.8, 4) is 0 Å². The van der Waals surface area contributed by atoms with Gasteiger partial charge in [-0.15, -0.1) is 10.2 Å². The SMILES string of the molecule is CCCC(=O)N1CCCC(C(=O)NCCCc2nnc(SC)n2C2CCCC2)C1. The second-order valence-corrected chi connectivity index (χ2v) is 9.01. The molecular formula is C21H35N5O2S. The number of likely N-dealkylation sites (tertiary alicyclic amines) is 1. The molecule has 1 aromatic heterocycles. The molecular weight excluding hydrogens is 386 g/mol. The van der Waals surface area contributed by atoms with Gasteiger partial charge in [0, 0.05) is 38.5 Å². The number of carbonyl (C=O) groups excluding carboxylic acids is 2. The highest BCUT2D eigenvalue weighted by Gasteiger charge is 2.28. The van der Waals surface area contributed by atoms with E-state index in [2.05, 4.69) is 26.3 Å². The first-order chi connectivity index (χ1) is 14.1. The molecule has 29 heavy (non-hydrogen) atoms. The number of thioether (sulfide) groups is 1. The molecule has 1 saturated carbocycles. The third-order valence-corrected chi connectivity index (χ3v) is 6.74. The van der Waals surface area contributed by atoms with Gasteiger partial charge in [-0.3, -0.25) is 9.59 Å². The minimum atomic E-state index is -0.0743. The Balaban J connectivity index is 1.45. The van der Waals surface area contributed by atoms with Crippen molar-refractivity contribution in [1.29, 1.82) is 0 Å². The van der Waals surface area contributed by atoms with Crippen molar-refractivity contribution >= 4 is 23.6 Å². The van der Waals surface area contributed by atoms with E-state index >= 15 is 0 Å². The van der Waals surface area contributed by atoms with Crippen LogP contribution in [-0.4, -0.2) is 57.4 Å². The number of piperidine rings is 1. The smallest absolute Gasteiger partial charge is 0.224 e. The molecule has 0 spiro atoms. The van der Waals surface area contributed by atoms with Crippen LogP contribution >= 0.6 is 11.8 Å². The molecule has 1 N–H and O–H groups in total. The highest BCUT2D eigenvalue weighted by Crippen LogP contribution is 2.33. The van der Waals surface area contributed by atoms with Crippen molar-refractivity contribution in [2.75, 3.05) is 25.9 Å². The minimum absolute atomic E-state index is 0.0743. The van der Waals surface area contributed by atoms with Gasteiger partial charge in [0.15, 0.2) is 5.16 Å². The first-order valence-electron chi connectivity index (χ1n) is 11.2. The summed E-state index contributed by atoms with van der Waals surface area (Å²) in [6.07, 6.45) is 11.9. The Morgan fingerprint density at radius 2 is 1.97 bits per heavy atom. The maximum absolute atomic E-state index is 12.6. The average Bonchev–Trinajstić information content (AvgIpc) is 3.40. The molecule has 3 rings (SSSR count). The summed E-state index contributed by atoms with van der Waals surface area (Å²) in [5, 5.41) is 12.9. The number of nitrogens with one attached hydrogen (secondary N) is 1. The molecule has 1 saturated heterocycles. The van der Waals surface area contributed by atoms with Crippen LogP contribution in [0.5, 0.6) is 0 Å². The van der Waals surface area contributed by atoms with E-state index in [9.17, 15) is 9.59 Å². The third-order valence-electron chi connectivity index (χ3n) is 6.09. The van der Waals surface area contributed by atoms with Crippen LogP contribution < -0.4 is 5.32 Å². The second kappa shape index (κ2) is 11.0. The lowest BCUT2D eigenvalue weighted by Crippen LogP contribution is -2.45. The quantitative estimate of drug-likeness (QED) is 0.489. The fourth-order valence-corrected chi connectivity index (χ4v) is 5.11. The summed E-state index contributed by atoms with van der Waals surface area (Å²) in [5.74, 6) is 1.24. The van der Waals surface area contributed by atoms with Gasteiger partial charge in [-0.1, -0.05) is 31.5 Å². The summed E-state index contributed by atoms with van der Waals surface area (Å²) in [7, 11) is 0. The van der Waals surface area contributed by atoms with Crippen molar-refractivity contribution in [3.05, 3.63) is 5.82 Å². The van der Waals surface area contributed by atoms with Gasteiger partial charge in [0.1, 0.15) is 5.82 Å². The zero-order valence-electron chi connectivity index (χ0n) is 17.9. The van der Waals surface area contributed by atoms with Gasteiger partial charge >= 0.3 is 0 Å². The van der Waals surface area contributed by atoms with E-state index in [1.54, 1.807) is 11.8 Å². The molecule has 7 nitrogen and oxygen atoms in total. The van der Waals surface area contributed by atoms with Crippen molar-refractivity contribution in [2.24, 2.45) is 5.92 Å². The van der Waals surface area contributed by atoms with Gasteiger partial charge in [0.05, 0.1) is 5.92 Å². The fourth-order valence-electron chi connectivity index (χ4n) is 4.54. The number of amides is 2. The zero-order valence-corrected chi connectivity index (χ0v) is 18.7. The normalized spacial score (nSPS) is 20.2. The van der Waals surface area contributed by atoms with Crippen LogP contribution in [0.3, 0.4) is 0 Å². The number of hydrogen-bond donors (Lipinski definition) is 1. The lowest BCUT2D eigenvalue weighted by atomic mass is 9.96. The van der Waals surface area contributed by atoms with Gasteiger partial charge in [0.25, 0.3) is 0 Å². The van der Waals surface area contributed by atoms with Crippen LogP contribution in [0.15, 0.2) is 5.16 Å². The number of nitrogens with zero attached hydrogens (tertiary/aromatic N) is 4. The van der Waals surface area contributed by atoms with Crippen molar-refractivity contribution in [2.45, 2.75) is 82.3 Å². The van der Waals surface area contributed by atoms with Crippen LogP contribution in [-0.2, 0) is 16.0 Å². The van der Waals surface area contributed by atoms with Gasteiger partial charge < -0.3 is 14.8 Å². The van der Waals surface area contributed by atoms with Gasteiger partial charge in [0.2, 0.25) is 11.8 Å². The van der Waals surface area contributed by atoms with Gasteiger partial charge in [-0.2, -0.15) is 0 Å². The first-order valence-corrected chi connectivity index (χ1v) is 12.4. The molecule has 2 aliphatic rings. The van der Waals surface area contributed by atoms with E-state index < -0.39 is 0 Å². The average molecular weight is 422 g/mol. The topological polar surface area (TPSA) is 80.1 Å². The van der Waals surface area contributed by atoms with Crippen LogP contribution in [0.4, 0.5) is 0 Å². The predicted molar refractivity (Wildman–Crippen MR) is 115 cm³/mol. The van der Waals surface area contributed by atoms with E-state index in [0.29, 0.717) is 25.6 Å². The first kappa shape index (κ1) is 22.1.